The quantitative estimate of drug-likeness (QED) is 0.460. The number of hydrogen-bond acceptors (Lipinski definition) is 7. The van der Waals surface area contributed by atoms with Gasteiger partial charge in [-0.25, -0.2) is 4.98 Å². The van der Waals surface area contributed by atoms with E-state index in [2.05, 4.69) is 20.3 Å². The molecule has 1 aromatic carbocycles. The van der Waals surface area contributed by atoms with Gasteiger partial charge in [-0.1, -0.05) is 24.2 Å². The summed E-state index contributed by atoms with van der Waals surface area (Å²) in [5.74, 6) is 1.41. The van der Waals surface area contributed by atoms with Gasteiger partial charge in [0.05, 0.1) is 22.4 Å². The Morgan fingerprint density at radius 1 is 1.07 bits per heavy atom. The van der Waals surface area contributed by atoms with Gasteiger partial charge in [-0.05, 0) is 49.2 Å². The second-order valence-electron chi connectivity index (χ2n) is 7.45. The van der Waals surface area contributed by atoms with E-state index < -0.39 is 0 Å². The molecule has 3 heterocycles. The molecule has 0 saturated heterocycles. The van der Waals surface area contributed by atoms with Gasteiger partial charge in [0.25, 0.3) is 0 Å². The van der Waals surface area contributed by atoms with Crippen LogP contribution in [0.25, 0.3) is 21.5 Å². The summed E-state index contributed by atoms with van der Waals surface area (Å²) in [4.78, 5) is 13.3. The number of nitrogens with one attached hydrogen (secondary N) is 1. The van der Waals surface area contributed by atoms with Gasteiger partial charge in [0.15, 0.2) is 10.9 Å². The molecule has 4 aromatic rings. The van der Waals surface area contributed by atoms with Crippen molar-refractivity contribution in [3.05, 3.63) is 61.1 Å². The normalized spacial score (nSPS) is 19.0. The molecule has 2 N–H and O–H groups in total. The third-order valence-corrected chi connectivity index (χ3v) is 6.28. The lowest BCUT2D eigenvalue weighted by atomic mass is 9.93. The van der Waals surface area contributed by atoms with Crippen molar-refractivity contribution >= 4 is 26.7 Å². The summed E-state index contributed by atoms with van der Waals surface area (Å²) in [6, 6.07) is 13.6. The predicted molar refractivity (Wildman–Crippen MR) is 119 cm³/mol. The largest absolute Gasteiger partial charge is 0.455 e. The average molecular weight is 419 g/mol. The van der Waals surface area contributed by atoms with Crippen molar-refractivity contribution < 1.29 is 9.84 Å². The van der Waals surface area contributed by atoms with Crippen molar-refractivity contribution in [2.45, 2.75) is 37.8 Å². The Morgan fingerprint density at radius 2 is 1.97 bits per heavy atom. The van der Waals surface area contributed by atoms with E-state index in [1.807, 2.05) is 42.5 Å². The molecule has 3 aromatic heterocycles. The number of thiazole rings is 1. The Bertz CT molecular complexity index is 1150. The predicted octanol–water partition coefficient (Wildman–Crippen LogP) is 5.26. The zero-order valence-corrected chi connectivity index (χ0v) is 17.2. The molecule has 1 saturated carbocycles. The van der Waals surface area contributed by atoms with Gasteiger partial charge in [-0.2, -0.15) is 0 Å². The topological polar surface area (TPSA) is 80.2 Å². The van der Waals surface area contributed by atoms with Gasteiger partial charge in [-0.15, -0.1) is 0 Å². The Labute approximate surface area is 178 Å². The number of ether oxygens (including phenoxy) is 1. The van der Waals surface area contributed by atoms with Crippen molar-refractivity contribution in [3.8, 4) is 22.8 Å². The highest BCUT2D eigenvalue weighted by molar-refractivity contribution is 7.22. The van der Waals surface area contributed by atoms with E-state index in [1.165, 1.54) is 0 Å². The Morgan fingerprint density at radius 3 is 2.83 bits per heavy atom. The molecule has 0 unspecified atom stereocenters. The van der Waals surface area contributed by atoms with E-state index in [9.17, 15) is 5.11 Å². The van der Waals surface area contributed by atoms with E-state index in [1.54, 1.807) is 29.9 Å². The first-order chi connectivity index (χ1) is 14.8. The van der Waals surface area contributed by atoms with Crippen LogP contribution in [-0.4, -0.2) is 32.2 Å². The van der Waals surface area contributed by atoms with Gasteiger partial charge in [0.2, 0.25) is 0 Å². The second kappa shape index (κ2) is 8.38. The van der Waals surface area contributed by atoms with Crippen LogP contribution in [-0.2, 0) is 0 Å². The van der Waals surface area contributed by atoms with E-state index in [4.69, 9.17) is 4.74 Å². The molecule has 6 nitrogen and oxygen atoms in total. The first-order valence-corrected chi connectivity index (χ1v) is 11.0. The number of anilines is 1. The Kier molecular flexibility index (Phi) is 5.29. The molecule has 1 fully saturated rings. The molecule has 30 heavy (non-hydrogen) atoms. The summed E-state index contributed by atoms with van der Waals surface area (Å²) in [7, 11) is 0. The van der Waals surface area contributed by atoms with E-state index in [0.29, 0.717) is 5.75 Å². The maximum atomic E-state index is 10.2. The smallest absolute Gasteiger partial charge is 0.184 e. The molecule has 0 radical (unpaired) electrons. The summed E-state index contributed by atoms with van der Waals surface area (Å²) in [5.41, 5.74) is 2.58. The van der Waals surface area contributed by atoms with Crippen molar-refractivity contribution in [1.29, 1.82) is 0 Å². The fourth-order valence-corrected chi connectivity index (χ4v) is 4.74. The Balaban J connectivity index is 1.39. The molecule has 152 valence electrons. The van der Waals surface area contributed by atoms with Crippen LogP contribution in [0.15, 0.2) is 61.1 Å². The van der Waals surface area contributed by atoms with Crippen molar-refractivity contribution in [1.82, 2.24) is 15.0 Å². The number of aliphatic hydroxyl groups excluding tert-OH is 1. The number of aromatic nitrogens is 3. The highest BCUT2D eigenvalue weighted by atomic mass is 32.1. The number of pyridine rings is 2. The standard InChI is InChI=1S/C23H22N4O2S/c28-19-7-2-1-6-17(19)26-23-27-18-10-9-16(13-21(18)30-23)29-20-8-4-12-25-22(20)15-5-3-11-24-14-15/h3-5,8-14,17,19,28H,1-2,6-7H2,(H,26,27)/t17-,19-/m1/s1. The van der Waals surface area contributed by atoms with Crippen LogP contribution in [0.5, 0.6) is 11.5 Å². The SMILES string of the molecule is O[C@@H]1CCCC[C@H]1Nc1nc2ccc(Oc3cccnc3-c3cccnc3)cc2s1. The summed E-state index contributed by atoms with van der Waals surface area (Å²) < 4.78 is 7.21. The fraction of sp³-hybridized carbons (Fsp3) is 0.261. The summed E-state index contributed by atoms with van der Waals surface area (Å²) in [5, 5.41) is 14.5. The van der Waals surface area contributed by atoms with Gasteiger partial charge in [-0.3, -0.25) is 9.97 Å². The highest BCUT2D eigenvalue weighted by Gasteiger charge is 2.23. The summed E-state index contributed by atoms with van der Waals surface area (Å²) in [6.07, 6.45) is 9.02. The monoisotopic (exact) mass is 418 g/mol. The van der Waals surface area contributed by atoms with Crippen molar-refractivity contribution in [2.75, 3.05) is 5.32 Å². The number of nitrogens with zero attached hydrogens (tertiary/aromatic N) is 3. The molecule has 1 aliphatic carbocycles. The van der Waals surface area contributed by atoms with Crippen LogP contribution in [0.3, 0.4) is 0 Å². The van der Waals surface area contributed by atoms with Crippen LogP contribution >= 0.6 is 11.3 Å². The van der Waals surface area contributed by atoms with E-state index >= 15 is 0 Å². The van der Waals surface area contributed by atoms with Crippen LogP contribution in [0.2, 0.25) is 0 Å². The minimum atomic E-state index is -0.305. The highest BCUT2D eigenvalue weighted by Crippen LogP contribution is 2.35. The van der Waals surface area contributed by atoms with Crippen LogP contribution < -0.4 is 10.1 Å². The zero-order valence-electron chi connectivity index (χ0n) is 16.4. The maximum Gasteiger partial charge on any atom is 0.184 e. The van der Waals surface area contributed by atoms with Gasteiger partial charge in [0.1, 0.15) is 11.4 Å². The lowest BCUT2D eigenvalue weighted by Crippen LogP contribution is -2.36. The summed E-state index contributed by atoms with van der Waals surface area (Å²) >= 11 is 1.58. The van der Waals surface area contributed by atoms with Crippen molar-refractivity contribution in [3.63, 3.8) is 0 Å². The number of fused-ring (bicyclic) bond motifs is 1. The molecule has 7 heteroatoms. The van der Waals surface area contributed by atoms with Gasteiger partial charge < -0.3 is 15.2 Å². The lowest BCUT2D eigenvalue weighted by Gasteiger charge is -2.27. The van der Waals surface area contributed by atoms with Gasteiger partial charge >= 0.3 is 0 Å². The molecular weight excluding hydrogens is 396 g/mol. The van der Waals surface area contributed by atoms with Crippen molar-refractivity contribution in [2.24, 2.45) is 0 Å². The molecule has 0 bridgehead atoms. The van der Waals surface area contributed by atoms with Gasteiger partial charge in [0, 0.05) is 30.2 Å². The van der Waals surface area contributed by atoms with Crippen LogP contribution in [0, 0.1) is 0 Å². The molecule has 0 amide bonds. The fourth-order valence-electron chi connectivity index (χ4n) is 3.79. The molecule has 0 spiro atoms. The molecular formula is C23H22N4O2S. The Hall–Kier alpha value is -3.03. The zero-order chi connectivity index (χ0) is 20.3. The number of aliphatic hydroxyl groups is 1. The first-order valence-electron chi connectivity index (χ1n) is 10.1. The number of benzene rings is 1. The molecule has 1 aliphatic rings. The molecule has 0 aliphatic heterocycles. The first kappa shape index (κ1) is 19.0. The average Bonchev–Trinajstić information content (AvgIpc) is 3.18. The molecule has 2 atom stereocenters. The third kappa shape index (κ3) is 3.99. The van der Waals surface area contributed by atoms with Crippen LogP contribution in [0.1, 0.15) is 25.7 Å². The number of rotatable bonds is 5. The van der Waals surface area contributed by atoms with Crippen LogP contribution in [0.4, 0.5) is 5.13 Å². The molecule has 5 rings (SSSR count). The number of hydrogen-bond donors (Lipinski definition) is 2. The lowest BCUT2D eigenvalue weighted by molar-refractivity contribution is 0.116. The third-order valence-electron chi connectivity index (χ3n) is 5.33. The summed E-state index contributed by atoms with van der Waals surface area (Å²) in [6.45, 7) is 0. The maximum absolute atomic E-state index is 10.2. The van der Waals surface area contributed by atoms with E-state index in [-0.39, 0.29) is 12.1 Å². The van der Waals surface area contributed by atoms with E-state index in [0.717, 1.165) is 58.0 Å². The second-order valence-corrected chi connectivity index (χ2v) is 8.48. The minimum Gasteiger partial charge on any atom is -0.455 e. The minimum absolute atomic E-state index is 0.0764.